The molecule has 0 bridgehead atoms. The molecule has 0 aliphatic heterocycles. The van der Waals surface area contributed by atoms with E-state index in [9.17, 15) is 0 Å². The standard InChI is InChI=1S/C13H12N4O/c1-2-18-12-6-4-3-5-11(12)17-13-7-10(8-14)15-9-16-13/h3-7,9H,2H2,1H3,(H,15,16,17). The summed E-state index contributed by atoms with van der Waals surface area (Å²) in [7, 11) is 0. The van der Waals surface area contributed by atoms with E-state index in [0.717, 1.165) is 11.4 Å². The second-order valence-corrected chi connectivity index (χ2v) is 3.45. The summed E-state index contributed by atoms with van der Waals surface area (Å²) in [5.41, 5.74) is 1.13. The predicted octanol–water partition coefficient (Wildman–Crippen LogP) is 2.49. The molecule has 0 aliphatic rings. The van der Waals surface area contributed by atoms with Gasteiger partial charge in [0.2, 0.25) is 0 Å². The predicted molar refractivity (Wildman–Crippen MR) is 67.6 cm³/mol. The Hall–Kier alpha value is -2.61. The molecule has 1 aromatic carbocycles. The van der Waals surface area contributed by atoms with E-state index in [4.69, 9.17) is 10.00 Å². The van der Waals surface area contributed by atoms with Crippen LogP contribution in [0.5, 0.6) is 5.75 Å². The molecule has 0 saturated heterocycles. The number of ether oxygens (including phenoxy) is 1. The molecule has 18 heavy (non-hydrogen) atoms. The van der Waals surface area contributed by atoms with E-state index < -0.39 is 0 Å². The van der Waals surface area contributed by atoms with E-state index in [-0.39, 0.29) is 0 Å². The van der Waals surface area contributed by atoms with E-state index in [0.29, 0.717) is 18.1 Å². The van der Waals surface area contributed by atoms with E-state index in [2.05, 4.69) is 15.3 Å². The minimum atomic E-state index is 0.321. The van der Waals surface area contributed by atoms with Gasteiger partial charge in [-0.3, -0.25) is 0 Å². The summed E-state index contributed by atoms with van der Waals surface area (Å²) in [5, 5.41) is 11.9. The third kappa shape index (κ3) is 2.74. The van der Waals surface area contributed by atoms with Gasteiger partial charge in [-0.05, 0) is 19.1 Å². The summed E-state index contributed by atoms with van der Waals surface area (Å²) in [5.74, 6) is 1.31. The molecule has 2 aromatic rings. The quantitative estimate of drug-likeness (QED) is 0.889. The molecule has 0 aliphatic carbocycles. The Balaban J connectivity index is 2.25. The lowest BCUT2D eigenvalue weighted by Gasteiger charge is -2.11. The van der Waals surface area contributed by atoms with Gasteiger partial charge < -0.3 is 10.1 Å². The Morgan fingerprint density at radius 1 is 1.33 bits per heavy atom. The van der Waals surface area contributed by atoms with Crippen LogP contribution in [0.1, 0.15) is 12.6 Å². The third-order valence-corrected chi connectivity index (χ3v) is 2.23. The molecule has 0 atom stereocenters. The van der Waals surface area contributed by atoms with Gasteiger partial charge in [-0.15, -0.1) is 0 Å². The first-order valence-electron chi connectivity index (χ1n) is 5.54. The first-order valence-corrected chi connectivity index (χ1v) is 5.54. The van der Waals surface area contributed by atoms with Gasteiger partial charge in [0.05, 0.1) is 12.3 Å². The number of anilines is 2. The Kier molecular flexibility index (Phi) is 3.72. The summed E-state index contributed by atoms with van der Waals surface area (Å²) in [6.45, 7) is 2.52. The van der Waals surface area contributed by atoms with Crippen molar-refractivity contribution < 1.29 is 4.74 Å². The molecule has 0 saturated carbocycles. The second kappa shape index (κ2) is 5.64. The fourth-order valence-corrected chi connectivity index (χ4v) is 1.48. The van der Waals surface area contributed by atoms with Crippen LogP contribution in [0.3, 0.4) is 0 Å². The summed E-state index contributed by atoms with van der Waals surface area (Å²) in [4.78, 5) is 7.87. The number of rotatable bonds is 4. The molecule has 0 spiro atoms. The van der Waals surface area contributed by atoms with E-state index >= 15 is 0 Å². The number of hydrogen-bond donors (Lipinski definition) is 1. The average Bonchev–Trinajstić information content (AvgIpc) is 2.41. The molecule has 1 aromatic heterocycles. The largest absolute Gasteiger partial charge is 0.492 e. The van der Waals surface area contributed by atoms with Gasteiger partial charge in [-0.1, -0.05) is 12.1 Å². The van der Waals surface area contributed by atoms with Gasteiger partial charge in [0.25, 0.3) is 0 Å². The maximum absolute atomic E-state index is 8.77. The maximum Gasteiger partial charge on any atom is 0.145 e. The van der Waals surface area contributed by atoms with Crippen molar-refractivity contribution in [3.63, 3.8) is 0 Å². The zero-order chi connectivity index (χ0) is 12.8. The molecule has 5 nitrogen and oxygen atoms in total. The van der Waals surface area contributed by atoms with Gasteiger partial charge in [-0.2, -0.15) is 5.26 Å². The minimum absolute atomic E-state index is 0.321. The van der Waals surface area contributed by atoms with Crippen LogP contribution in [0.25, 0.3) is 0 Å². The zero-order valence-electron chi connectivity index (χ0n) is 9.92. The molecule has 90 valence electrons. The van der Waals surface area contributed by atoms with Gasteiger partial charge in [0, 0.05) is 6.07 Å². The molecule has 0 fully saturated rings. The molecule has 2 rings (SSSR count). The fourth-order valence-electron chi connectivity index (χ4n) is 1.48. The highest BCUT2D eigenvalue weighted by Crippen LogP contribution is 2.26. The third-order valence-electron chi connectivity index (χ3n) is 2.23. The van der Waals surface area contributed by atoms with Crippen LogP contribution in [0.4, 0.5) is 11.5 Å². The van der Waals surface area contributed by atoms with Crippen molar-refractivity contribution in [1.29, 1.82) is 5.26 Å². The van der Waals surface area contributed by atoms with Crippen molar-refractivity contribution in [3.8, 4) is 11.8 Å². The van der Waals surface area contributed by atoms with Crippen LogP contribution in [0.15, 0.2) is 36.7 Å². The van der Waals surface area contributed by atoms with Crippen molar-refractivity contribution in [1.82, 2.24) is 9.97 Å². The van der Waals surface area contributed by atoms with Crippen molar-refractivity contribution in [2.45, 2.75) is 6.92 Å². The van der Waals surface area contributed by atoms with Crippen molar-refractivity contribution in [2.24, 2.45) is 0 Å². The van der Waals surface area contributed by atoms with E-state index in [1.165, 1.54) is 6.33 Å². The lowest BCUT2D eigenvalue weighted by atomic mass is 10.3. The number of benzene rings is 1. The van der Waals surface area contributed by atoms with Gasteiger partial charge in [0.15, 0.2) is 0 Å². The molecule has 0 radical (unpaired) electrons. The molecule has 5 heteroatoms. The van der Waals surface area contributed by atoms with Crippen LogP contribution in [-0.4, -0.2) is 16.6 Å². The van der Waals surface area contributed by atoms with Crippen LogP contribution < -0.4 is 10.1 Å². The number of aromatic nitrogens is 2. The second-order valence-electron chi connectivity index (χ2n) is 3.45. The monoisotopic (exact) mass is 240 g/mol. The highest BCUT2D eigenvalue weighted by Gasteiger charge is 2.04. The van der Waals surface area contributed by atoms with Gasteiger partial charge in [-0.25, -0.2) is 9.97 Å². The summed E-state index contributed by atoms with van der Waals surface area (Å²) >= 11 is 0. The van der Waals surface area contributed by atoms with E-state index in [1.807, 2.05) is 37.3 Å². The first kappa shape index (κ1) is 11.9. The zero-order valence-corrected chi connectivity index (χ0v) is 9.92. The van der Waals surface area contributed by atoms with Crippen LogP contribution in [-0.2, 0) is 0 Å². The molecule has 0 unspecified atom stereocenters. The Bertz CT molecular complexity index is 577. The van der Waals surface area contributed by atoms with Crippen molar-refractivity contribution in [3.05, 3.63) is 42.4 Å². The molecule has 0 amide bonds. The van der Waals surface area contributed by atoms with Crippen LogP contribution in [0.2, 0.25) is 0 Å². The summed E-state index contributed by atoms with van der Waals surface area (Å²) in [6, 6.07) is 11.1. The van der Waals surface area contributed by atoms with Crippen molar-refractivity contribution in [2.75, 3.05) is 11.9 Å². The highest BCUT2D eigenvalue weighted by molar-refractivity contribution is 5.64. The van der Waals surface area contributed by atoms with Crippen LogP contribution >= 0.6 is 0 Å². The van der Waals surface area contributed by atoms with Crippen LogP contribution in [0, 0.1) is 11.3 Å². The smallest absolute Gasteiger partial charge is 0.145 e. The van der Waals surface area contributed by atoms with E-state index in [1.54, 1.807) is 6.07 Å². The highest BCUT2D eigenvalue weighted by atomic mass is 16.5. The van der Waals surface area contributed by atoms with Gasteiger partial charge >= 0.3 is 0 Å². The first-order chi connectivity index (χ1) is 8.83. The average molecular weight is 240 g/mol. The van der Waals surface area contributed by atoms with Gasteiger partial charge in [0.1, 0.15) is 29.7 Å². The number of para-hydroxylation sites is 2. The SMILES string of the molecule is CCOc1ccccc1Nc1cc(C#N)ncn1. The normalized spacial score (nSPS) is 9.56. The number of nitrogens with one attached hydrogen (secondary N) is 1. The number of hydrogen-bond acceptors (Lipinski definition) is 5. The molecular formula is C13H12N4O. The maximum atomic E-state index is 8.77. The Morgan fingerprint density at radius 3 is 2.94 bits per heavy atom. The lowest BCUT2D eigenvalue weighted by Crippen LogP contribution is -1.99. The Labute approximate surface area is 105 Å². The summed E-state index contributed by atoms with van der Waals surface area (Å²) in [6.07, 6.45) is 1.35. The number of nitrogens with zero attached hydrogens (tertiary/aromatic N) is 3. The molecule has 1 N–H and O–H groups in total. The fraction of sp³-hybridized carbons (Fsp3) is 0.154. The molecule has 1 heterocycles. The topological polar surface area (TPSA) is 70.8 Å². The number of nitriles is 1. The molecular weight excluding hydrogens is 228 g/mol. The van der Waals surface area contributed by atoms with Crippen molar-refractivity contribution >= 4 is 11.5 Å². The lowest BCUT2D eigenvalue weighted by molar-refractivity contribution is 0.342. The summed E-state index contributed by atoms with van der Waals surface area (Å²) < 4.78 is 5.49. The minimum Gasteiger partial charge on any atom is -0.492 e. The Morgan fingerprint density at radius 2 is 2.17 bits per heavy atom.